The summed E-state index contributed by atoms with van der Waals surface area (Å²) in [7, 11) is 1.69. The third-order valence-electron chi connectivity index (χ3n) is 2.81. The van der Waals surface area contributed by atoms with Crippen molar-refractivity contribution in [3.8, 4) is 0 Å². The van der Waals surface area contributed by atoms with Crippen molar-refractivity contribution in [2.75, 3.05) is 20.3 Å². The van der Waals surface area contributed by atoms with Gasteiger partial charge in [0.25, 0.3) is 0 Å². The van der Waals surface area contributed by atoms with Crippen LogP contribution in [0.3, 0.4) is 0 Å². The Hall–Kier alpha value is -0.610. The van der Waals surface area contributed by atoms with E-state index in [9.17, 15) is 4.79 Å². The number of nitrogens with one attached hydrogen (secondary N) is 1. The van der Waals surface area contributed by atoms with Gasteiger partial charge in [0.1, 0.15) is 0 Å². The summed E-state index contributed by atoms with van der Waals surface area (Å²) in [5.74, 6) is -0.164. The smallest absolute Gasteiger partial charge is 0.307 e. The molecule has 0 bridgehead atoms. The summed E-state index contributed by atoms with van der Waals surface area (Å²) in [6.45, 7) is 11.2. The van der Waals surface area contributed by atoms with Crippen LogP contribution in [0.5, 0.6) is 0 Å². The van der Waals surface area contributed by atoms with Gasteiger partial charge in [-0.05, 0) is 40.7 Å². The molecule has 0 aromatic heterocycles. The van der Waals surface area contributed by atoms with E-state index in [4.69, 9.17) is 9.47 Å². The summed E-state index contributed by atoms with van der Waals surface area (Å²) in [6.07, 6.45) is 1.12. The summed E-state index contributed by atoms with van der Waals surface area (Å²) < 4.78 is 10.4. The van der Waals surface area contributed by atoms with Crippen molar-refractivity contribution in [3.63, 3.8) is 0 Å². The van der Waals surface area contributed by atoms with Crippen LogP contribution in [0.2, 0.25) is 0 Å². The van der Waals surface area contributed by atoms with E-state index in [1.807, 2.05) is 34.6 Å². The SMILES string of the molecule is CCNC(C)(CC(=O)OCC)CC(C)(C)OC. The quantitative estimate of drug-likeness (QED) is 0.665. The van der Waals surface area contributed by atoms with Crippen LogP contribution in [-0.2, 0) is 14.3 Å². The molecule has 0 amide bonds. The number of rotatable bonds is 8. The molecule has 0 fully saturated rings. The second-order valence-corrected chi connectivity index (χ2v) is 5.21. The predicted octanol–water partition coefficient (Wildman–Crippen LogP) is 2.12. The van der Waals surface area contributed by atoms with Gasteiger partial charge < -0.3 is 14.8 Å². The minimum atomic E-state index is -0.291. The van der Waals surface area contributed by atoms with Gasteiger partial charge in [-0.1, -0.05) is 6.92 Å². The van der Waals surface area contributed by atoms with Gasteiger partial charge in [-0.15, -0.1) is 0 Å². The molecule has 0 aromatic carbocycles. The number of methoxy groups -OCH3 is 1. The molecule has 17 heavy (non-hydrogen) atoms. The van der Waals surface area contributed by atoms with Crippen LogP contribution in [0.25, 0.3) is 0 Å². The maximum Gasteiger partial charge on any atom is 0.307 e. The van der Waals surface area contributed by atoms with Gasteiger partial charge in [0.2, 0.25) is 0 Å². The minimum Gasteiger partial charge on any atom is -0.466 e. The highest BCUT2D eigenvalue weighted by molar-refractivity contribution is 5.70. The van der Waals surface area contributed by atoms with E-state index in [0.717, 1.165) is 13.0 Å². The fourth-order valence-electron chi connectivity index (χ4n) is 2.16. The van der Waals surface area contributed by atoms with Crippen molar-refractivity contribution in [1.29, 1.82) is 0 Å². The minimum absolute atomic E-state index is 0.164. The van der Waals surface area contributed by atoms with Gasteiger partial charge in [0.15, 0.2) is 0 Å². The molecule has 0 aromatic rings. The van der Waals surface area contributed by atoms with Crippen LogP contribution in [0, 0.1) is 0 Å². The van der Waals surface area contributed by atoms with Crippen molar-refractivity contribution in [2.24, 2.45) is 0 Å². The molecule has 1 atom stereocenters. The summed E-state index contributed by atoms with van der Waals surface area (Å²) in [5, 5.41) is 3.36. The molecule has 0 saturated heterocycles. The molecule has 4 heteroatoms. The predicted molar refractivity (Wildman–Crippen MR) is 69.0 cm³/mol. The topological polar surface area (TPSA) is 47.6 Å². The lowest BCUT2D eigenvalue weighted by Gasteiger charge is -2.36. The zero-order chi connectivity index (χ0) is 13.5. The first-order valence-electron chi connectivity index (χ1n) is 6.24. The summed E-state index contributed by atoms with van der Waals surface area (Å²) in [4.78, 5) is 11.6. The van der Waals surface area contributed by atoms with E-state index in [1.165, 1.54) is 0 Å². The van der Waals surface area contributed by atoms with E-state index in [0.29, 0.717) is 13.0 Å². The van der Waals surface area contributed by atoms with Crippen molar-refractivity contribution >= 4 is 5.97 Å². The lowest BCUT2D eigenvalue weighted by atomic mass is 9.85. The lowest BCUT2D eigenvalue weighted by molar-refractivity contribution is -0.145. The number of carbonyl (C=O) groups is 1. The Bertz CT molecular complexity index is 241. The standard InChI is InChI=1S/C13H27NO3/c1-7-14-13(5,9-11(15)17-8-2)10-12(3,4)16-6/h14H,7-10H2,1-6H3. The van der Waals surface area contributed by atoms with Crippen LogP contribution in [0.15, 0.2) is 0 Å². The zero-order valence-electron chi connectivity index (χ0n) is 12.1. The second kappa shape index (κ2) is 6.97. The molecule has 0 aliphatic carbocycles. The molecule has 0 aliphatic rings. The van der Waals surface area contributed by atoms with Crippen LogP contribution in [-0.4, -0.2) is 37.4 Å². The fraction of sp³-hybridized carbons (Fsp3) is 0.923. The van der Waals surface area contributed by atoms with E-state index < -0.39 is 0 Å². The van der Waals surface area contributed by atoms with Crippen LogP contribution < -0.4 is 5.32 Å². The van der Waals surface area contributed by atoms with E-state index in [2.05, 4.69) is 5.32 Å². The number of hydrogen-bond acceptors (Lipinski definition) is 4. The summed E-state index contributed by atoms with van der Waals surface area (Å²) >= 11 is 0. The van der Waals surface area contributed by atoms with Crippen LogP contribution in [0.4, 0.5) is 0 Å². The number of ether oxygens (including phenoxy) is 2. The van der Waals surface area contributed by atoms with Crippen molar-refractivity contribution in [3.05, 3.63) is 0 Å². The van der Waals surface area contributed by atoms with Crippen LogP contribution in [0.1, 0.15) is 47.5 Å². The first-order valence-corrected chi connectivity index (χ1v) is 6.24. The molecule has 1 N–H and O–H groups in total. The Labute approximate surface area is 105 Å². The van der Waals surface area contributed by atoms with Crippen molar-refractivity contribution in [1.82, 2.24) is 5.32 Å². The molecule has 0 radical (unpaired) electrons. The normalized spacial score (nSPS) is 15.4. The molecule has 0 spiro atoms. The highest BCUT2D eigenvalue weighted by Gasteiger charge is 2.34. The van der Waals surface area contributed by atoms with Crippen molar-refractivity contribution in [2.45, 2.75) is 58.6 Å². The van der Waals surface area contributed by atoms with Gasteiger partial charge in [-0.2, -0.15) is 0 Å². The Kier molecular flexibility index (Phi) is 6.72. The van der Waals surface area contributed by atoms with Gasteiger partial charge in [0, 0.05) is 12.6 Å². The largest absolute Gasteiger partial charge is 0.466 e. The molecular weight excluding hydrogens is 218 g/mol. The monoisotopic (exact) mass is 245 g/mol. The first-order chi connectivity index (χ1) is 7.78. The highest BCUT2D eigenvalue weighted by Crippen LogP contribution is 2.26. The molecule has 1 unspecified atom stereocenters. The van der Waals surface area contributed by atoms with Gasteiger partial charge >= 0.3 is 5.97 Å². The average Bonchev–Trinajstić information content (AvgIpc) is 2.16. The van der Waals surface area contributed by atoms with Gasteiger partial charge in [0.05, 0.1) is 18.6 Å². The molecular formula is C13H27NO3. The third-order valence-corrected chi connectivity index (χ3v) is 2.81. The van der Waals surface area contributed by atoms with E-state index in [-0.39, 0.29) is 17.1 Å². The Morgan fingerprint density at radius 2 is 1.82 bits per heavy atom. The van der Waals surface area contributed by atoms with Crippen LogP contribution >= 0.6 is 0 Å². The Morgan fingerprint density at radius 3 is 2.24 bits per heavy atom. The Morgan fingerprint density at radius 1 is 1.24 bits per heavy atom. The summed E-state index contributed by atoms with van der Waals surface area (Å²) in [5.41, 5.74) is -0.552. The fourth-order valence-corrected chi connectivity index (χ4v) is 2.16. The van der Waals surface area contributed by atoms with Gasteiger partial charge in [-0.3, -0.25) is 4.79 Å². The molecule has 0 rings (SSSR count). The van der Waals surface area contributed by atoms with E-state index >= 15 is 0 Å². The second-order valence-electron chi connectivity index (χ2n) is 5.21. The number of carbonyl (C=O) groups excluding carboxylic acids is 1. The molecule has 4 nitrogen and oxygen atoms in total. The zero-order valence-corrected chi connectivity index (χ0v) is 12.1. The maximum absolute atomic E-state index is 11.6. The van der Waals surface area contributed by atoms with Gasteiger partial charge in [-0.25, -0.2) is 0 Å². The maximum atomic E-state index is 11.6. The third kappa shape index (κ3) is 6.64. The van der Waals surface area contributed by atoms with Crippen molar-refractivity contribution < 1.29 is 14.3 Å². The Balaban J connectivity index is 4.60. The highest BCUT2D eigenvalue weighted by atomic mass is 16.5. The number of hydrogen-bond donors (Lipinski definition) is 1. The lowest BCUT2D eigenvalue weighted by Crippen LogP contribution is -2.49. The molecule has 0 aliphatic heterocycles. The first kappa shape index (κ1) is 16.4. The average molecular weight is 245 g/mol. The molecule has 102 valence electrons. The van der Waals surface area contributed by atoms with E-state index in [1.54, 1.807) is 7.11 Å². The number of esters is 1. The summed E-state index contributed by atoms with van der Waals surface area (Å²) in [6, 6.07) is 0. The molecule has 0 heterocycles. The molecule has 0 saturated carbocycles.